The molecule has 1 aromatic rings. The van der Waals surface area contributed by atoms with Crippen molar-refractivity contribution in [3.8, 4) is 5.88 Å². The van der Waals surface area contributed by atoms with Gasteiger partial charge in [0.2, 0.25) is 17.7 Å². The molecular weight excluding hydrogens is 376 g/mol. The smallest absolute Gasteiger partial charge is 0.232 e. The first kappa shape index (κ1) is 17.4. The van der Waals surface area contributed by atoms with E-state index < -0.39 is 0 Å². The Morgan fingerprint density at radius 3 is 2.71 bits per heavy atom. The second kappa shape index (κ2) is 8.11. The number of rotatable bonds is 4. The molecule has 0 atom stereocenters. The molecule has 8 heteroatoms. The van der Waals surface area contributed by atoms with Crippen LogP contribution < -0.4 is 15.0 Å². The Kier molecular flexibility index (Phi) is 5.89. The number of carbonyl (C=O) groups is 1. The van der Waals surface area contributed by atoms with Gasteiger partial charge in [-0.1, -0.05) is 0 Å². The predicted molar refractivity (Wildman–Crippen MR) is 93.2 cm³/mol. The van der Waals surface area contributed by atoms with Gasteiger partial charge in [0.1, 0.15) is 0 Å². The lowest BCUT2D eigenvalue weighted by molar-refractivity contribution is -0.126. The van der Waals surface area contributed by atoms with Gasteiger partial charge < -0.3 is 19.7 Å². The number of amides is 1. The summed E-state index contributed by atoms with van der Waals surface area (Å²) in [6.07, 6.45) is 5.16. The van der Waals surface area contributed by atoms with Gasteiger partial charge in [0.25, 0.3) is 0 Å². The highest BCUT2D eigenvalue weighted by atomic mass is 79.9. The van der Waals surface area contributed by atoms with E-state index in [1.165, 1.54) is 0 Å². The third-order valence-electron chi connectivity index (χ3n) is 4.61. The number of ether oxygens (including phenoxy) is 2. The van der Waals surface area contributed by atoms with Crippen LogP contribution in [0.2, 0.25) is 0 Å². The lowest BCUT2D eigenvalue weighted by atomic mass is 9.95. The van der Waals surface area contributed by atoms with Crippen LogP contribution in [-0.4, -0.2) is 55.3 Å². The van der Waals surface area contributed by atoms with E-state index in [1.54, 1.807) is 13.3 Å². The molecule has 1 aromatic heterocycles. The first-order chi connectivity index (χ1) is 11.7. The summed E-state index contributed by atoms with van der Waals surface area (Å²) in [4.78, 5) is 23.3. The van der Waals surface area contributed by atoms with Crippen molar-refractivity contribution >= 4 is 27.8 Å². The molecule has 0 spiro atoms. The van der Waals surface area contributed by atoms with Gasteiger partial charge in [-0.25, -0.2) is 4.98 Å². The van der Waals surface area contributed by atoms with Crippen LogP contribution in [0.3, 0.4) is 0 Å². The van der Waals surface area contributed by atoms with Crippen LogP contribution in [0, 0.1) is 5.92 Å². The van der Waals surface area contributed by atoms with Crippen LogP contribution in [0.5, 0.6) is 5.88 Å². The zero-order valence-corrected chi connectivity index (χ0v) is 15.4. The topological polar surface area (TPSA) is 76.6 Å². The Hall–Kier alpha value is -1.41. The van der Waals surface area contributed by atoms with Crippen LogP contribution in [0.15, 0.2) is 10.7 Å². The van der Waals surface area contributed by atoms with Crippen molar-refractivity contribution in [3.05, 3.63) is 10.7 Å². The zero-order chi connectivity index (χ0) is 16.9. The van der Waals surface area contributed by atoms with E-state index in [2.05, 4.69) is 36.1 Å². The summed E-state index contributed by atoms with van der Waals surface area (Å²) in [6, 6.07) is 0.267. The molecule has 0 saturated carbocycles. The van der Waals surface area contributed by atoms with Crippen molar-refractivity contribution in [2.75, 3.05) is 38.3 Å². The molecule has 0 aliphatic carbocycles. The number of nitrogens with one attached hydrogen (secondary N) is 1. The van der Waals surface area contributed by atoms with Crippen molar-refractivity contribution in [2.24, 2.45) is 5.92 Å². The monoisotopic (exact) mass is 398 g/mol. The van der Waals surface area contributed by atoms with E-state index in [-0.39, 0.29) is 17.9 Å². The van der Waals surface area contributed by atoms with Crippen molar-refractivity contribution in [2.45, 2.75) is 31.7 Å². The highest BCUT2D eigenvalue weighted by molar-refractivity contribution is 9.10. The Balaban J connectivity index is 1.52. The molecule has 132 valence electrons. The van der Waals surface area contributed by atoms with Crippen molar-refractivity contribution in [1.29, 1.82) is 0 Å². The van der Waals surface area contributed by atoms with Crippen molar-refractivity contribution < 1.29 is 14.3 Å². The molecule has 3 heterocycles. The van der Waals surface area contributed by atoms with Crippen LogP contribution in [0.4, 0.5) is 5.95 Å². The minimum Gasteiger partial charge on any atom is -0.480 e. The number of piperidine rings is 1. The Morgan fingerprint density at radius 1 is 1.33 bits per heavy atom. The summed E-state index contributed by atoms with van der Waals surface area (Å²) in [5.41, 5.74) is 0. The van der Waals surface area contributed by atoms with Gasteiger partial charge in [-0.2, -0.15) is 4.98 Å². The minimum absolute atomic E-state index is 0.0708. The van der Waals surface area contributed by atoms with Gasteiger partial charge >= 0.3 is 0 Å². The number of nitrogens with zero attached hydrogens (tertiary/aromatic N) is 3. The van der Waals surface area contributed by atoms with Crippen LogP contribution >= 0.6 is 15.9 Å². The number of aromatic nitrogens is 2. The van der Waals surface area contributed by atoms with Gasteiger partial charge in [0.05, 0.1) is 17.8 Å². The highest BCUT2D eigenvalue weighted by Gasteiger charge is 2.28. The van der Waals surface area contributed by atoms with Crippen molar-refractivity contribution in [3.63, 3.8) is 0 Å². The lowest BCUT2D eigenvalue weighted by Crippen LogP contribution is -2.45. The molecule has 0 aromatic carbocycles. The number of methoxy groups -OCH3 is 1. The van der Waals surface area contributed by atoms with Gasteiger partial charge in [-0.05, 0) is 41.6 Å². The van der Waals surface area contributed by atoms with Gasteiger partial charge in [-0.15, -0.1) is 0 Å². The van der Waals surface area contributed by atoms with Crippen LogP contribution in [0.25, 0.3) is 0 Å². The second-order valence-electron chi connectivity index (χ2n) is 6.18. The van der Waals surface area contributed by atoms with E-state index in [1.807, 2.05) is 0 Å². The van der Waals surface area contributed by atoms with Crippen molar-refractivity contribution in [1.82, 2.24) is 15.3 Å². The summed E-state index contributed by atoms with van der Waals surface area (Å²) in [7, 11) is 1.59. The summed E-state index contributed by atoms with van der Waals surface area (Å²) >= 11 is 3.36. The van der Waals surface area contributed by atoms with Crippen LogP contribution in [0.1, 0.15) is 25.7 Å². The Labute approximate surface area is 150 Å². The second-order valence-corrected chi connectivity index (χ2v) is 7.04. The number of hydrogen-bond donors (Lipinski definition) is 1. The quantitative estimate of drug-likeness (QED) is 0.832. The molecule has 2 fully saturated rings. The molecule has 1 amide bonds. The summed E-state index contributed by atoms with van der Waals surface area (Å²) < 4.78 is 11.3. The molecule has 0 unspecified atom stereocenters. The highest BCUT2D eigenvalue weighted by Crippen LogP contribution is 2.26. The average molecular weight is 399 g/mol. The summed E-state index contributed by atoms with van der Waals surface area (Å²) in [5, 5.41) is 3.17. The summed E-state index contributed by atoms with van der Waals surface area (Å²) in [6.45, 7) is 3.03. The molecule has 24 heavy (non-hydrogen) atoms. The zero-order valence-electron chi connectivity index (χ0n) is 13.8. The third-order valence-corrected chi connectivity index (χ3v) is 5.15. The molecule has 2 aliphatic rings. The SMILES string of the molecule is COc1nc(N2CCC(C(=O)NC3CCOCC3)CC2)ncc1Br. The molecule has 0 radical (unpaired) electrons. The van der Waals surface area contributed by atoms with Gasteiger partial charge in [-0.3, -0.25) is 4.79 Å². The fraction of sp³-hybridized carbons (Fsp3) is 0.688. The maximum absolute atomic E-state index is 12.4. The number of halogens is 1. The van der Waals surface area contributed by atoms with E-state index in [0.717, 1.165) is 56.5 Å². The van der Waals surface area contributed by atoms with E-state index in [0.29, 0.717) is 11.8 Å². The summed E-state index contributed by atoms with van der Waals surface area (Å²) in [5.74, 6) is 1.43. The number of carbonyl (C=O) groups excluding carboxylic acids is 1. The van der Waals surface area contributed by atoms with Gasteiger partial charge in [0.15, 0.2) is 0 Å². The first-order valence-corrected chi connectivity index (χ1v) is 9.16. The largest absolute Gasteiger partial charge is 0.480 e. The third kappa shape index (κ3) is 4.16. The maximum Gasteiger partial charge on any atom is 0.232 e. The minimum atomic E-state index is 0.0708. The Bertz CT molecular complexity index is 572. The molecule has 3 rings (SSSR count). The molecular formula is C16H23BrN4O3. The number of hydrogen-bond acceptors (Lipinski definition) is 6. The molecule has 7 nitrogen and oxygen atoms in total. The first-order valence-electron chi connectivity index (χ1n) is 8.37. The van der Waals surface area contributed by atoms with E-state index in [9.17, 15) is 4.79 Å². The standard InChI is InChI=1S/C16H23BrN4O3/c1-23-15-13(17)10-18-16(20-15)21-6-2-11(3-7-21)14(22)19-12-4-8-24-9-5-12/h10-12H,2-9H2,1H3,(H,19,22). The fourth-order valence-corrected chi connectivity index (χ4v) is 3.49. The number of anilines is 1. The predicted octanol–water partition coefficient (Wildman–Crippen LogP) is 1.76. The average Bonchev–Trinajstić information content (AvgIpc) is 2.63. The van der Waals surface area contributed by atoms with E-state index >= 15 is 0 Å². The van der Waals surface area contributed by atoms with Gasteiger partial charge in [0, 0.05) is 38.3 Å². The molecule has 0 bridgehead atoms. The Morgan fingerprint density at radius 2 is 2.04 bits per heavy atom. The lowest BCUT2D eigenvalue weighted by Gasteiger charge is -2.32. The molecule has 1 N–H and O–H groups in total. The molecule has 2 saturated heterocycles. The van der Waals surface area contributed by atoms with E-state index in [4.69, 9.17) is 9.47 Å². The van der Waals surface area contributed by atoms with Crippen LogP contribution in [-0.2, 0) is 9.53 Å². The fourth-order valence-electron chi connectivity index (χ4n) is 3.14. The normalized spacial score (nSPS) is 20.0. The molecule has 2 aliphatic heterocycles. The maximum atomic E-state index is 12.4.